The van der Waals surface area contributed by atoms with E-state index in [4.69, 9.17) is 17.0 Å². The summed E-state index contributed by atoms with van der Waals surface area (Å²) in [5.41, 5.74) is 6.58. The average molecular weight is 538 g/mol. The van der Waals surface area contributed by atoms with E-state index in [2.05, 4.69) is 69.8 Å². The van der Waals surface area contributed by atoms with Gasteiger partial charge in [-0.05, 0) is 93.1 Å². The molecule has 8 heteroatoms. The van der Waals surface area contributed by atoms with Crippen LogP contribution in [0.1, 0.15) is 40.3 Å². The van der Waals surface area contributed by atoms with Crippen LogP contribution in [-0.2, 0) is 0 Å². The first-order valence-corrected chi connectivity index (χ1v) is 13.7. The van der Waals surface area contributed by atoms with Crippen LogP contribution in [0.2, 0.25) is 0 Å². The maximum Gasteiger partial charge on any atom is 0.193 e. The Morgan fingerprint density at radius 1 is 0.895 bits per heavy atom. The van der Waals surface area contributed by atoms with Crippen LogP contribution in [0.25, 0.3) is 5.13 Å². The largest absolute Gasteiger partial charge is 0.457 e. The fourth-order valence-electron chi connectivity index (χ4n) is 5.07. The number of ether oxygens (including phenoxy) is 1. The molecule has 0 radical (unpaired) electrons. The van der Waals surface area contributed by atoms with Crippen LogP contribution in [0.3, 0.4) is 0 Å². The van der Waals surface area contributed by atoms with Crippen molar-refractivity contribution in [3.05, 3.63) is 119 Å². The SMILES string of the molecule is Cc1ccc(Oc2ccc(N3C(=S)N[C@H](c4ccccn4)[C@@H]3c3cc(C)n(-c4nccs4)c3C)cc2)cc1. The zero-order chi connectivity index (χ0) is 26.2. The number of aromatic nitrogens is 3. The van der Waals surface area contributed by atoms with Crippen LogP contribution in [0, 0.1) is 20.8 Å². The van der Waals surface area contributed by atoms with Gasteiger partial charge in [0.15, 0.2) is 10.2 Å². The van der Waals surface area contributed by atoms with Crippen molar-refractivity contribution < 1.29 is 4.74 Å². The second kappa shape index (κ2) is 10.0. The topological polar surface area (TPSA) is 55.2 Å². The van der Waals surface area contributed by atoms with Gasteiger partial charge in [-0.2, -0.15) is 0 Å². The fraction of sp³-hybridized carbons (Fsp3) is 0.167. The second-order valence-corrected chi connectivity index (χ2v) is 10.6. The molecule has 1 aliphatic rings. The van der Waals surface area contributed by atoms with Crippen LogP contribution in [0.4, 0.5) is 5.69 Å². The van der Waals surface area contributed by atoms with Gasteiger partial charge in [0.25, 0.3) is 0 Å². The number of thiocarbonyl (C=S) groups is 1. The van der Waals surface area contributed by atoms with Crippen molar-refractivity contribution in [2.24, 2.45) is 0 Å². The van der Waals surface area contributed by atoms with Crippen LogP contribution in [0.5, 0.6) is 11.5 Å². The molecule has 0 spiro atoms. The molecule has 3 aromatic heterocycles. The first kappa shape index (κ1) is 24.3. The number of nitrogens with zero attached hydrogens (tertiary/aromatic N) is 4. The van der Waals surface area contributed by atoms with Crippen molar-refractivity contribution in [2.75, 3.05) is 4.90 Å². The van der Waals surface area contributed by atoms with Gasteiger partial charge < -0.3 is 15.0 Å². The molecule has 4 heterocycles. The second-order valence-electron chi connectivity index (χ2n) is 9.38. The minimum Gasteiger partial charge on any atom is -0.457 e. The Morgan fingerprint density at radius 2 is 1.63 bits per heavy atom. The third-order valence-corrected chi connectivity index (χ3v) is 7.94. The highest BCUT2D eigenvalue weighted by Crippen LogP contribution is 2.44. The van der Waals surface area contributed by atoms with Gasteiger partial charge in [-0.25, -0.2) is 4.98 Å². The van der Waals surface area contributed by atoms with E-state index in [-0.39, 0.29) is 12.1 Å². The first-order chi connectivity index (χ1) is 18.5. The lowest BCUT2D eigenvalue weighted by molar-refractivity contribution is 0.482. The lowest BCUT2D eigenvalue weighted by Gasteiger charge is -2.28. The van der Waals surface area contributed by atoms with Crippen LogP contribution < -0.4 is 15.0 Å². The normalized spacial score (nSPS) is 17.0. The van der Waals surface area contributed by atoms with E-state index in [1.54, 1.807) is 11.3 Å². The minimum absolute atomic E-state index is 0.0961. The predicted molar refractivity (Wildman–Crippen MR) is 157 cm³/mol. The maximum atomic E-state index is 6.07. The third kappa shape index (κ3) is 4.46. The minimum atomic E-state index is -0.113. The fourth-order valence-corrected chi connectivity index (χ4v) is 6.17. The molecule has 0 saturated carbocycles. The van der Waals surface area contributed by atoms with Crippen molar-refractivity contribution in [1.29, 1.82) is 0 Å². The Bertz CT molecular complexity index is 1560. The Kier molecular flexibility index (Phi) is 6.43. The van der Waals surface area contributed by atoms with Crippen LogP contribution >= 0.6 is 23.6 Å². The zero-order valence-corrected chi connectivity index (χ0v) is 23.0. The number of hydrogen-bond donors (Lipinski definition) is 1. The molecule has 1 aliphatic heterocycles. The van der Waals surface area contributed by atoms with Gasteiger partial charge >= 0.3 is 0 Å². The highest BCUT2D eigenvalue weighted by Gasteiger charge is 2.42. The van der Waals surface area contributed by atoms with Crippen molar-refractivity contribution in [3.63, 3.8) is 0 Å². The van der Waals surface area contributed by atoms with Crippen LogP contribution in [-0.4, -0.2) is 19.6 Å². The smallest absolute Gasteiger partial charge is 0.193 e. The molecule has 0 amide bonds. The average Bonchev–Trinajstić information content (AvgIpc) is 3.64. The summed E-state index contributed by atoms with van der Waals surface area (Å²) in [5, 5.41) is 7.18. The van der Waals surface area contributed by atoms with Crippen molar-refractivity contribution in [1.82, 2.24) is 19.9 Å². The van der Waals surface area contributed by atoms with Gasteiger partial charge in [0.05, 0.1) is 17.8 Å². The van der Waals surface area contributed by atoms with Crippen molar-refractivity contribution in [3.8, 4) is 16.6 Å². The van der Waals surface area contributed by atoms with E-state index in [0.29, 0.717) is 5.11 Å². The van der Waals surface area contributed by atoms with E-state index in [9.17, 15) is 0 Å². The molecule has 0 bridgehead atoms. The van der Waals surface area contributed by atoms with Crippen molar-refractivity contribution >= 4 is 34.4 Å². The summed E-state index contributed by atoms with van der Waals surface area (Å²) in [5.74, 6) is 1.58. The summed E-state index contributed by atoms with van der Waals surface area (Å²) in [6.07, 6.45) is 3.67. The molecule has 0 aliphatic carbocycles. The molecule has 1 fully saturated rings. The Hall–Kier alpha value is -4.01. The van der Waals surface area contributed by atoms with Crippen molar-refractivity contribution in [2.45, 2.75) is 32.9 Å². The summed E-state index contributed by atoms with van der Waals surface area (Å²) in [7, 11) is 0. The van der Waals surface area contributed by atoms with E-state index < -0.39 is 0 Å². The summed E-state index contributed by atoms with van der Waals surface area (Å²) in [4.78, 5) is 11.4. The molecule has 0 unspecified atom stereocenters. The van der Waals surface area contributed by atoms with Gasteiger partial charge in [0.1, 0.15) is 11.5 Å². The van der Waals surface area contributed by atoms with Gasteiger partial charge in [-0.3, -0.25) is 9.55 Å². The third-order valence-electron chi connectivity index (χ3n) is 6.87. The number of rotatable bonds is 6. The molecule has 2 aromatic carbocycles. The molecule has 6 rings (SSSR count). The number of thiazole rings is 1. The monoisotopic (exact) mass is 537 g/mol. The summed E-state index contributed by atoms with van der Waals surface area (Å²) in [6.45, 7) is 6.34. The Balaban J connectivity index is 1.39. The van der Waals surface area contributed by atoms with E-state index in [1.807, 2.05) is 66.3 Å². The number of aryl methyl sites for hydroxylation is 2. The summed E-state index contributed by atoms with van der Waals surface area (Å²) < 4.78 is 8.29. The van der Waals surface area contributed by atoms with Gasteiger partial charge in [0.2, 0.25) is 0 Å². The number of benzene rings is 2. The summed E-state index contributed by atoms with van der Waals surface area (Å²) >= 11 is 7.56. The van der Waals surface area contributed by atoms with E-state index >= 15 is 0 Å². The lowest BCUT2D eigenvalue weighted by Crippen LogP contribution is -2.29. The maximum absolute atomic E-state index is 6.07. The molecule has 6 nitrogen and oxygen atoms in total. The Morgan fingerprint density at radius 3 is 2.29 bits per heavy atom. The summed E-state index contributed by atoms with van der Waals surface area (Å²) in [6, 6.07) is 24.2. The molecule has 38 heavy (non-hydrogen) atoms. The molecule has 2 atom stereocenters. The quantitative estimate of drug-likeness (QED) is 0.231. The molecule has 1 N–H and O–H groups in total. The number of nitrogens with one attached hydrogen (secondary N) is 1. The number of pyridine rings is 1. The van der Waals surface area contributed by atoms with E-state index in [1.165, 1.54) is 11.1 Å². The molecule has 190 valence electrons. The molecule has 1 saturated heterocycles. The molecular formula is C30H27N5OS2. The molecular weight excluding hydrogens is 510 g/mol. The molecule has 5 aromatic rings. The van der Waals surface area contributed by atoms with Gasteiger partial charge in [-0.1, -0.05) is 23.8 Å². The van der Waals surface area contributed by atoms with Gasteiger partial charge in [0, 0.05) is 34.8 Å². The number of hydrogen-bond acceptors (Lipinski definition) is 5. The number of anilines is 1. The zero-order valence-electron chi connectivity index (χ0n) is 21.3. The van der Waals surface area contributed by atoms with E-state index in [0.717, 1.165) is 39.4 Å². The predicted octanol–water partition coefficient (Wildman–Crippen LogP) is 7.22. The highest BCUT2D eigenvalue weighted by atomic mass is 32.1. The highest BCUT2D eigenvalue weighted by molar-refractivity contribution is 7.80. The van der Waals surface area contributed by atoms with Crippen LogP contribution in [0.15, 0.2) is 90.6 Å². The first-order valence-electron chi connectivity index (χ1n) is 12.4. The Labute approximate surface area is 231 Å². The lowest BCUT2D eigenvalue weighted by atomic mass is 9.96. The standard InChI is InChI=1S/C30H27N5OS2/c1-19-7-11-23(12-8-19)36-24-13-9-22(10-14-24)35-28(27(33-29(35)37)26-6-4-5-15-31-26)25-18-20(2)34(21(25)3)30-32-16-17-38-30/h4-18,27-28H,1-3H3,(H,33,37)/t27-,28+/m1/s1. The van der Waals surface area contributed by atoms with Gasteiger partial charge in [-0.15, -0.1) is 11.3 Å².